The van der Waals surface area contributed by atoms with Crippen LogP contribution in [0.25, 0.3) is 0 Å². The quantitative estimate of drug-likeness (QED) is 0.488. The third-order valence-corrected chi connectivity index (χ3v) is 3.65. The highest BCUT2D eigenvalue weighted by Crippen LogP contribution is 2.37. The molecule has 2 aliphatic rings. The van der Waals surface area contributed by atoms with Crippen molar-refractivity contribution >= 4 is 0 Å². The Balaban J connectivity index is 2.11. The second-order valence-corrected chi connectivity index (χ2v) is 4.53. The van der Waals surface area contributed by atoms with E-state index < -0.39 is 0 Å². The molecule has 2 unspecified atom stereocenters. The predicted octanol–water partition coefficient (Wildman–Crippen LogP) is 4.09. The van der Waals surface area contributed by atoms with Gasteiger partial charge in [0.15, 0.2) is 0 Å². The van der Waals surface area contributed by atoms with Crippen molar-refractivity contribution in [3.63, 3.8) is 0 Å². The van der Waals surface area contributed by atoms with E-state index >= 15 is 0 Å². The molecule has 0 heteroatoms. The van der Waals surface area contributed by atoms with E-state index in [-0.39, 0.29) is 0 Å². The zero-order chi connectivity index (χ0) is 9.10. The molecule has 2 atom stereocenters. The van der Waals surface area contributed by atoms with E-state index in [9.17, 15) is 0 Å². The van der Waals surface area contributed by atoms with E-state index in [4.69, 9.17) is 0 Å². The van der Waals surface area contributed by atoms with Gasteiger partial charge < -0.3 is 0 Å². The molecule has 0 saturated carbocycles. The lowest BCUT2D eigenvalue weighted by Gasteiger charge is -2.31. The standard InChI is InChI=1S/C13H20/c1-11-7-6-9-12-8-4-2-3-5-10-13(11)12/h2,4,7,12-13H,3,5-6,8-10H2,1H3. The van der Waals surface area contributed by atoms with Crippen LogP contribution in [0.3, 0.4) is 0 Å². The molecule has 0 bridgehead atoms. The summed E-state index contributed by atoms with van der Waals surface area (Å²) in [5.41, 5.74) is 1.67. The molecule has 0 fully saturated rings. The highest BCUT2D eigenvalue weighted by Gasteiger charge is 2.24. The van der Waals surface area contributed by atoms with E-state index in [1.54, 1.807) is 5.57 Å². The van der Waals surface area contributed by atoms with Gasteiger partial charge in [-0.1, -0.05) is 23.8 Å². The largest absolute Gasteiger partial charge is 0.0885 e. The summed E-state index contributed by atoms with van der Waals surface area (Å²) >= 11 is 0. The van der Waals surface area contributed by atoms with Crippen molar-refractivity contribution in [2.75, 3.05) is 0 Å². The maximum Gasteiger partial charge on any atom is -0.0174 e. The topological polar surface area (TPSA) is 0 Å². The van der Waals surface area contributed by atoms with Crippen LogP contribution < -0.4 is 0 Å². The Hall–Kier alpha value is -0.520. The van der Waals surface area contributed by atoms with Gasteiger partial charge in [-0.15, -0.1) is 0 Å². The molecule has 0 radical (unpaired) electrons. The summed E-state index contributed by atoms with van der Waals surface area (Å²) in [7, 11) is 0. The zero-order valence-corrected chi connectivity index (χ0v) is 8.63. The lowest BCUT2D eigenvalue weighted by atomic mass is 9.74. The molecule has 2 aliphatic carbocycles. The van der Waals surface area contributed by atoms with E-state index in [1.807, 2.05) is 0 Å². The summed E-state index contributed by atoms with van der Waals surface area (Å²) in [6.45, 7) is 2.34. The van der Waals surface area contributed by atoms with E-state index in [0.717, 1.165) is 11.8 Å². The fraction of sp³-hybridized carbons (Fsp3) is 0.692. The second kappa shape index (κ2) is 4.13. The van der Waals surface area contributed by atoms with Crippen LogP contribution in [0.15, 0.2) is 23.8 Å². The van der Waals surface area contributed by atoms with Gasteiger partial charge in [0.1, 0.15) is 0 Å². The third-order valence-electron chi connectivity index (χ3n) is 3.65. The molecule has 72 valence electrons. The first-order chi connectivity index (χ1) is 6.38. The average Bonchev–Trinajstić information content (AvgIpc) is 2.07. The van der Waals surface area contributed by atoms with Crippen molar-refractivity contribution < 1.29 is 0 Å². The number of rotatable bonds is 0. The van der Waals surface area contributed by atoms with Crippen molar-refractivity contribution in [2.24, 2.45) is 11.8 Å². The Morgan fingerprint density at radius 2 is 2.08 bits per heavy atom. The van der Waals surface area contributed by atoms with Crippen LogP contribution in [0.1, 0.15) is 45.4 Å². The summed E-state index contributed by atoms with van der Waals surface area (Å²) in [5.74, 6) is 1.88. The first-order valence-electron chi connectivity index (χ1n) is 5.69. The van der Waals surface area contributed by atoms with Gasteiger partial charge in [-0.25, -0.2) is 0 Å². The van der Waals surface area contributed by atoms with Crippen LogP contribution in [-0.4, -0.2) is 0 Å². The lowest BCUT2D eigenvalue weighted by molar-refractivity contribution is 0.314. The smallest absolute Gasteiger partial charge is 0.0174 e. The Labute approximate surface area is 81.7 Å². The first-order valence-corrected chi connectivity index (χ1v) is 5.69. The Bertz CT molecular complexity index is 222. The summed E-state index contributed by atoms with van der Waals surface area (Å²) < 4.78 is 0. The maximum atomic E-state index is 2.46. The molecule has 0 saturated heterocycles. The van der Waals surface area contributed by atoms with Gasteiger partial charge in [0.25, 0.3) is 0 Å². The Kier molecular flexibility index (Phi) is 2.87. The van der Waals surface area contributed by atoms with E-state index in [1.165, 1.54) is 38.5 Å². The number of fused-ring (bicyclic) bond motifs is 1. The van der Waals surface area contributed by atoms with Crippen molar-refractivity contribution in [3.05, 3.63) is 23.8 Å². The molecule has 2 rings (SSSR count). The minimum Gasteiger partial charge on any atom is -0.0885 e. The van der Waals surface area contributed by atoms with E-state index in [0.29, 0.717) is 0 Å². The molecule has 0 nitrogen and oxygen atoms in total. The van der Waals surface area contributed by atoms with Crippen molar-refractivity contribution in [1.82, 2.24) is 0 Å². The minimum absolute atomic E-state index is 0.915. The van der Waals surface area contributed by atoms with Gasteiger partial charge in [0.2, 0.25) is 0 Å². The Morgan fingerprint density at radius 1 is 1.15 bits per heavy atom. The summed E-state index contributed by atoms with van der Waals surface area (Å²) in [4.78, 5) is 0. The fourth-order valence-corrected chi connectivity index (χ4v) is 2.84. The lowest BCUT2D eigenvalue weighted by Crippen LogP contribution is -2.19. The monoisotopic (exact) mass is 176 g/mol. The second-order valence-electron chi connectivity index (χ2n) is 4.53. The molecule has 0 heterocycles. The van der Waals surface area contributed by atoms with Crippen LogP contribution in [0, 0.1) is 11.8 Å². The molecule has 0 aromatic carbocycles. The van der Waals surface area contributed by atoms with Gasteiger partial charge in [0.05, 0.1) is 0 Å². The third kappa shape index (κ3) is 2.04. The predicted molar refractivity (Wildman–Crippen MR) is 57.6 cm³/mol. The van der Waals surface area contributed by atoms with Gasteiger partial charge in [-0.2, -0.15) is 0 Å². The highest BCUT2D eigenvalue weighted by atomic mass is 14.3. The average molecular weight is 176 g/mol. The number of allylic oxidation sites excluding steroid dienone is 4. The van der Waals surface area contributed by atoms with Crippen LogP contribution >= 0.6 is 0 Å². The normalized spacial score (nSPS) is 34.4. The summed E-state index contributed by atoms with van der Waals surface area (Å²) in [6, 6.07) is 0. The molecule has 13 heavy (non-hydrogen) atoms. The number of hydrogen-bond acceptors (Lipinski definition) is 0. The molecular weight excluding hydrogens is 156 g/mol. The zero-order valence-electron chi connectivity index (χ0n) is 8.63. The van der Waals surface area contributed by atoms with Gasteiger partial charge >= 0.3 is 0 Å². The molecule has 0 N–H and O–H groups in total. The molecule has 0 aliphatic heterocycles. The van der Waals surface area contributed by atoms with Crippen LogP contribution in [-0.2, 0) is 0 Å². The van der Waals surface area contributed by atoms with Crippen LogP contribution in [0.2, 0.25) is 0 Å². The molecule has 0 aromatic heterocycles. The highest BCUT2D eigenvalue weighted by molar-refractivity contribution is 5.10. The molecule has 0 amide bonds. The van der Waals surface area contributed by atoms with Crippen molar-refractivity contribution in [2.45, 2.75) is 45.4 Å². The summed E-state index contributed by atoms with van der Waals surface area (Å²) in [6.07, 6.45) is 15.4. The van der Waals surface area contributed by atoms with Crippen LogP contribution in [0.5, 0.6) is 0 Å². The van der Waals surface area contributed by atoms with Crippen molar-refractivity contribution in [3.8, 4) is 0 Å². The van der Waals surface area contributed by atoms with Gasteiger partial charge in [-0.3, -0.25) is 0 Å². The molecule has 0 spiro atoms. The summed E-state index contributed by atoms with van der Waals surface area (Å²) in [5, 5.41) is 0. The molecule has 0 aromatic rings. The van der Waals surface area contributed by atoms with Crippen molar-refractivity contribution in [1.29, 1.82) is 0 Å². The molecular formula is C13H20. The Morgan fingerprint density at radius 3 is 3.00 bits per heavy atom. The maximum absolute atomic E-state index is 2.46. The van der Waals surface area contributed by atoms with Gasteiger partial charge in [-0.05, 0) is 57.3 Å². The first kappa shape index (κ1) is 9.05. The minimum atomic E-state index is 0.915. The number of hydrogen-bond donors (Lipinski definition) is 0. The fourth-order valence-electron chi connectivity index (χ4n) is 2.84. The van der Waals surface area contributed by atoms with Crippen LogP contribution in [0.4, 0.5) is 0 Å². The van der Waals surface area contributed by atoms with Gasteiger partial charge in [0, 0.05) is 0 Å². The van der Waals surface area contributed by atoms with E-state index in [2.05, 4.69) is 25.2 Å². The SMILES string of the molecule is CC1=CCCC2CC=CCCCC12.